The van der Waals surface area contributed by atoms with Gasteiger partial charge in [0.1, 0.15) is 13.2 Å². The van der Waals surface area contributed by atoms with Gasteiger partial charge in [0.05, 0.1) is 104 Å². The molecule has 65 heavy (non-hydrogen) atoms. The Kier molecular flexibility index (Phi) is 34.7. The van der Waals surface area contributed by atoms with E-state index in [1.807, 2.05) is 0 Å². The third-order valence-electron chi connectivity index (χ3n) is 11.0. The number of piperazine rings is 2. The summed E-state index contributed by atoms with van der Waals surface area (Å²) in [6.45, 7) is 25.4. The third-order valence-corrected chi connectivity index (χ3v) is 18.6. The second-order valence-electron chi connectivity index (χ2n) is 17.9. The first-order valence-electron chi connectivity index (χ1n) is 24.0. The van der Waals surface area contributed by atoms with Crippen LogP contribution in [0.1, 0.15) is 25.7 Å². The molecule has 2 unspecified atom stereocenters. The zero-order chi connectivity index (χ0) is 47.4. The maximum atomic E-state index is 12.1. The van der Waals surface area contributed by atoms with Crippen LogP contribution in [-0.4, -0.2) is 269 Å². The summed E-state index contributed by atoms with van der Waals surface area (Å²) in [5, 5.41) is 21.3. The largest absolute Gasteiger partial charge is 0.463 e. The van der Waals surface area contributed by atoms with Gasteiger partial charge >= 0.3 is 11.9 Å². The molecule has 0 aliphatic carbocycles. The smallest absolute Gasteiger partial charge is 0.307 e. The van der Waals surface area contributed by atoms with Crippen LogP contribution in [0.5, 0.6) is 0 Å². The monoisotopic (exact) mass is 971 g/mol. The Bertz CT molecular complexity index is 1090. The van der Waals surface area contributed by atoms with Crippen molar-refractivity contribution in [2.75, 3.05) is 198 Å². The van der Waals surface area contributed by atoms with Gasteiger partial charge in [-0.05, 0) is 51.1 Å². The molecule has 2 heterocycles. The van der Waals surface area contributed by atoms with Gasteiger partial charge in [-0.2, -0.15) is 0 Å². The van der Waals surface area contributed by atoms with Crippen molar-refractivity contribution in [1.29, 1.82) is 0 Å². The highest BCUT2D eigenvalue weighted by Gasteiger charge is 2.32. The van der Waals surface area contributed by atoms with E-state index >= 15 is 0 Å². The minimum Gasteiger partial charge on any atom is -0.463 e. The molecule has 0 amide bonds. The van der Waals surface area contributed by atoms with Crippen LogP contribution in [0.3, 0.4) is 0 Å². The lowest BCUT2D eigenvalue weighted by molar-refractivity contribution is -0.146. The summed E-state index contributed by atoms with van der Waals surface area (Å²) >= 11 is 0. The summed E-state index contributed by atoms with van der Waals surface area (Å²) in [6.07, 6.45) is 1.43. The van der Waals surface area contributed by atoms with E-state index in [4.69, 9.17) is 51.5 Å². The fourth-order valence-corrected chi connectivity index (χ4v) is 16.4. The molecule has 2 atom stereocenters. The Morgan fingerprint density at radius 1 is 0.462 bits per heavy atom. The van der Waals surface area contributed by atoms with Crippen LogP contribution in [0.2, 0.25) is 38.3 Å². The lowest BCUT2D eigenvalue weighted by atomic mass is 10.2. The molecule has 0 aromatic carbocycles. The van der Waals surface area contributed by atoms with Crippen LogP contribution in [0.4, 0.5) is 0 Å². The predicted molar refractivity (Wildman–Crippen MR) is 252 cm³/mol. The van der Waals surface area contributed by atoms with Crippen molar-refractivity contribution in [1.82, 2.24) is 19.6 Å². The number of hydrogen-bond donors (Lipinski definition) is 2. The van der Waals surface area contributed by atoms with Crippen LogP contribution in [0.15, 0.2) is 0 Å². The summed E-state index contributed by atoms with van der Waals surface area (Å²) < 4.78 is 60.5. The summed E-state index contributed by atoms with van der Waals surface area (Å²) in [6, 6.07) is 2.00. The molecule has 21 heteroatoms. The first-order valence-corrected chi connectivity index (χ1v) is 30.2. The van der Waals surface area contributed by atoms with Crippen molar-refractivity contribution < 1.29 is 71.3 Å². The number of ether oxygens (including phenoxy) is 10. The van der Waals surface area contributed by atoms with Gasteiger partial charge in [-0.3, -0.25) is 19.4 Å². The van der Waals surface area contributed by atoms with E-state index in [0.29, 0.717) is 132 Å². The van der Waals surface area contributed by atoms with Gasteiger partial charge < -0.3 is 71.5 Å². The number of methoxy groups -OCH3 is 2. The Morgan fingerprint density at radius 2 is 0.785 bits per heavy atom. The van der Waals surface area contributed by atoms with Gasteiger partial charge in [-0.15, -0.1) is 0 Å². The molecule has 19 nitrogen and oxygen atoms in total. The molecule has 0 spiro atoms. The van der Waals surface area contributed by atoms with E-state index in [2.05, 4.69) is 45.8 Å². The average Bonchev–Trinajstić information content (AvgIpc) is 3.26. The maximum absolute atomic E-state index is 12.1. The Balaban J connectivity index is 1.42. The van der Waals surface area contributed by atoms with E-state index in [1.165, 1.54) is 0 Å². The first kappa shape index (κ1) is 59.9. The molecule has 2 fully saturated rings. The molecule has 0 saturated carbocycles. The SMILES string of the molecule is COCCOCCOCCOC(=O)CCN1CCN(CC(O)COCCC[Si](C)(C)O[Si](C)(C)CCCOCC(O)CN2CCN(CCC(=O)OCCOCCOCCOC)CC2)CC1. The van der Waals surface area contributed by atoms with E-state index < -0.39 is 28.8 Å². The topological polar surface area (TPSA) is 189 Å². The van der Waals surface area contributed by atoms with Crippen LogP contribution in [-0.2, 0) is 61.1 Å². The van der Waals surface area contributed by atoms with E-state index in [0.717, 1.165) is 77.3 Å². The molecule has 2 aliphatic heterocycles. The summed E-state index contributed by atoms with van der Waals surface area (Å²) in [5.74, 6) is -0.438. The van der Waals surface area contributed by atoms with Crippen molar-refractivity contribution in [2.45, 2.75) is 76.2 Å². The molecule has 2 saturated heterocycles. The van der Waals surface area contributed by atoms with E-state index in [9.17, 15) is 19.8 Å². The van der Waals surface area contributed by atoms with Gasteiger partial charge in [0.15, 0.2) is 16.6 Å². The number of carbonyl (C=O) groups excluding carboxylic acids is 2. The average molecular weight is 971 g/mol. The van der Waals surface area contributed by atoms with Gasteiger partial charge in [-0.25, -0.2) is 0 Å². The van der Waals surface area contributed by atoms with Gasteiger partial charge in [0, 0.05) is 106 Å². The van der Waals surface area contributed by atoms with Crippen molar-refractivity contribution in [3.8, 4) is 0 Å². The molecular weight excluding hydrogens is 881 g/mol. The lowest BCUT2D eigenvalue weighted by Crippen LogP contribution is -2.49. The molecule has 2 aliphatic rings. The molecular formula is C44H90N4O15Si2. The standard InChI is InChI=1S/C44H90N4O15Si2/c1-53-23-25-55-27-29-57-31-33-61-43(51)9-11-45-13-17-47(18-14-45)37-41(49)39-59-21-7-35-64(3,4)63-65(5,6)36-8-22-60-40-42(50)38-48-19-15-46(16-20-48)12-10-44(52)62-34-32-58-30-28-56-26-24-54-2/h41-42,49-50H,7-40H2,1-6H3. The second kappa shape index (κ2) is 37.6. The molecule has 0 radical (unpaired) electrons. The highest BCUT2D eigenvalue weighted by atomic mass is 28.4. The Hall–Kier alpha value is -1.23. The van der Waals surface area contributed by atoms with Gasteiger partial charge in [-0.1, -0.05) is 0 Å². The van der Waals surface area contributed by atoms with Crippen LogP contribution in [0.25, 0.3) is 0 Å². The van der Waals surface area contributed by atoms with Crippen molar-refractivity contribution >= 4 is 28.6 Å². The molecule has 0 aromatic heterocycles. The molecule has 0 bridgehead atoms. The fourth-order valence-electron chi connectivity index (χ4n) is 7.58. The summed E-state index contributed by atoms with van der Waals surface area (Å²) in [7, 11) is -0.520. The summed E-state index contributed by atoms with van der Waals surface area (Å²) in [4.78, 5) is 33.3. The van der Waals surface area contributed by atoms with E-state index in [1.54, 1.807) is 14.2 Å². The fraction of sp³-hybridized carbons (Fsp3) is 0.955. The number of carbonyl (C=O) groups is 2. The number of nitrogens with zero attached hydrogens (tertiary/aromatic N) is 4. The number of rotatable bonds is 42. The molecule has 0 aromatic rings. The predicted octanol–water partition coefficient (Wildman–Crippen LogP) is 1.41. The van der Waals surface area contributed by atoms with Crippen molar-refractivity contribution in [3.05, 3.63) is 0 Å². The quantitative estimate of drug-likeness (QED) is 0.0507. The lowest BCUT2D eigenvalue weighted by Gasteiger charge is -2.35. The zero-order valence-electron chi connectivity index (χ0n) is 41.2. The Morgan fingerprint density at radius 3 is 1.14 bits per heavy atom. The van der Waals surface area contributed by atoms with Crippen LogP contribution < -0.4 is 0 Å². The van der Waals surface area contributed by atoms with Crippen LogP contribution >= 0.6 is 0 Å². The number of esters is 2. The summed E-state index contributed by atoms with van der Waals surface area (Å²) in [5.41, 5.74) is 0. The highest BCUT2D eigenvalue weighted by molar-refractivity contribution is 6.84. The number of aliphatic hydroxyl groups excluding tert-OH is 2. The minimum atomic E-state index is -1.89. The maximum Gasteiger partial charge on any atom is 0.307 e. The molecule has 384 valence electrons. The highest BCUT2D eigenvalue weighted by Crippen LogP contribution is 2.24. The molecule has 2 N–H and O–H groups in total. The number of aliphatic hydroxyl groups is 2. The molecule has 2 rings (SSSR count). The third kappa shape index (κ3) is 33.8. The minimum absolute atomic E-state index is 0.219. The van der Waals surface area contributed by atoms with Crippen molar-refractivity contribution in [3.63, 3.8) is 0 Å². The van der Waals surface area contributed by atoms with Crippen LogP contribution in [0, 0.1) is 0 Å². The first-order chi connectivity index (χ1) is 31.3. The Labute approximate surface area is 393 Å². The zero-order valence-corrected chi connectivity index (χ0v) is 43.2. The van der Waals surface area contributed by atoms with Gasteiger partial charge in [0.25, 0.3) is 0 Å². The van der Waals surface area contributed by atoms with E-state index in [-0.39, 0.29) is 25.2 Å². The second-order valence-corrected chi connectivity index (χ2v) is 26.8. The van der Waals surface area contributed by atoms with Crippen molar-refractivity contribution in [2.24, 2.45) is 0 Å². The number of hydrogen-bond acceptors (Lipinski definition) is 19. The van der Waals surface area contributed by atoms with Gasteiger partial charge in [0.2, 0.25) is 0 Å². The normalized spacial score (nSPS) is 17.1. The number of β-amino-alcohol motifs (C(OH)–C–C–N with tert-alkyl or cyclic N) is 2.